The molecule has 0 unspecified atom stereocenters. The maximum absolute atomic E-state index is 12.3. The van der Waals surface area contributed by atoms with Gasteiger partial charge in [0.2, 0.25) is 0 Å². The molecule has 1 aromatic heterocycles. The molecular weight excluding hydrogens is 389 g/mol. The number of nitrogens with one attached hydrogen (secondary N) is 1. The maximum atomic E-state index is 12.3. The van der Waals surface area contributed by atoms with E-state index in [9.17, 15) is 9.59 Å². The van der Waals surface area contributed by atoms with Crippen molar-refractivity contribution in [1.29, 1.82) is 0 Å². The summed E-state index contributed by atoms with van der Waals surface area (Å²) < 4.78 is 5.15. The summed E-state index contributed by atoms with van der Waals surface area (Å²) >= 11 is 17.6. The van der Waals surface area contributed by atoms with Gasteiger partial charge in [-0.1, -0.05) is 54.6 Å². The topological polar surface area (TPSA) is 94.3 Å². The van der Waals surface area contributed by atoms with Gasteiger partial charge in [-0.05, 0) is 25.7 Å². The largest absolute Gasteiger partial charge is 0.448 e. The second-order valence-electron chi connectivity index (χ2n) is 6.22. The van der Waals surface area contributed by atoms with Gasteiger partial charge in [-0.25, -0.2) is 9.78 Å². The van der Waals surface area contributed by atoms with E-state index in [2.05, 4.69) is 17.2 Å². The second kappa shape index (κ2) is 8.43. The quantitative estimate of drug-likeness (QED) is 0.582. The molecule has 1 aromatic rings. The number of nitrogens with zero attached hydrogens (tertiary/aromatic N) is 1. The summed E-state index contributed by atoms with van der Waals surface area (Å²) in [5.74, 6) is -0.863. The number of rotatable bonds is 4. The van der Waals surface area contributed by atoms with E-state index in [1.165, 1.54) is 13.3 Å². The first-order valence-electron chi connectivity index (χ1n) is 8.03. The fourth-order valence-corrected chi connectivity index (χ4v) is 3.35. The number of carbonyl (C=O) groups excluding carboxylic acids is 2. The lowest BCUT2D eigenvalue weighted by Crippen LogP contribution is -2.46. The third-order valence-electron chi connectivity index (χ3n) is 4.36. The molecular formula is C16H20Cl3N3O3. The molecule has 0 bridgehead atoms. The third-order valence-corrected chi connectivity index (χ3v) is 5.49. The van der Waals surface area contributed by atoms with Crippen LogP contribution < -0.4 is 11.1 Å². The fourth-order valence-electron chi connectivity index (χ4n) is 2.77. The number of amides is 1. The Morgan fingerprint density at radius 1 is 1.24 bits per heavy atom. The van der Waals surface area contributed by atoms with E-state index in [4.69, 9.17) is 45.3 Å². The number of anilines is 1. The van der Waals surface area contributed by atoms with Crippen LogP contribution in [0, 0.1) is 5.92 Å². The van der Waals surface area contributed by atoms with Crippen LogP contribution in [0.3, 0.4) is 0 Å². The molecule has 1 fully saturated rings. The highest BCUT2D eigenvalue weighted by molar-refractivity contribution is 6.46. The minimum Gasteiger partial charge on any atom is -0.448 e. The van der Waals surface area contributed by atoms with Crippen molar-refractivity contribution >= 4 is 52.4 Å². The molecule has 9 heteroatoms. The SMILES string of the molecule is C[C@@H]1CCCC[C@@H]1NC(=O)[C@@H](C)OC(=O)c1nc(Cl)c(Cl)c(N)c1Cl. The van der Waals surface area contributed by atoms with Gasteiger partial charge < -0.3 is 15.8 Å². The lowest BCUT2D eigenvalue weighted by molar-refractivity contribution is -0.130. The summed E-state index contributed by atoms with van der Waals surface area (Å²) in [5, 5.41) is 2.57. The van der Waals surface area contributed by atoms with Crippen LogP contribution in [0.1, 0.15) is 50.0 Å². The number of esters is 1. The molecule has 0 aromatic carbocycles. The number of nitrogen functional groups attached to an aromatic ring is 1. The van der Waals surface area contributed by atoms with E-state index in [-0.39, 0.29) is 38.5 Å². The Bertz CT molecular complexity index is 684. The predicted molar refractivity (Wildman–Crippen MR) is 98.1 cm³/mol. The first-order valence-corrected chi connectivity index (χ1v) is 9.17. The van der Waals surface area contributed by atoms with Crippen molar-refractivity contribution in [3.63, 3.8) is 0 Å². The van der Waals surface area contributed by atoms with Crippen LogP contribution in [0.5, 0.6) is 0 Å². The van der Waals surface area contributed by atoms with E-state index in [0.717, 1.165) is 19.3 Å². The minimum absolute atomic E-state index is 0.0414. The highest BCUT2D eigenvalue weighted by atomic mass is 35.5. The van der Waals surface area contributed by atoms with E-state index in [1.54, 1.807) is 0 Å². The average molecular weight is 409 g/mol. The van der Waals surface area contributed by atoms with Crippen molar-refractivity contribution in [2.45, 2.75) is 51.7 Å². The average Bonchev–Trinajstić information content (AvgIpc) is 2.58. The Balaban J connectivity index is 2.03. The molecule has 3 atom stereocenters. The Hall–Kier alpha value is -1.24. The molecule has 1 amide bonds. The monoisotopic (exact) mass is 407 g/mol. The molecule has 1 aliphatic carbocycles. The van der Waals surface area contributed by atoms with Crippen molar-refractivity contribution in [1.82, 2.24) is 10.3 Å². The van der Waals surface area contributed by atoms with Gasteiger partial charge in [-0.2, -0.15) is 0 Å². The molecule has 25 heavy (non-hydrogen) atoms. The summed E-state index contributed by atoms with van der Waals surface area (Å²) in [6.45, 7) is 3.58. The normalized spacial score (nSPS) is 21.5. The van der Waals surface area contributed by atoms with E-state index in [0.29, 0.717) is 5.92 Å². The number of halogens is 3. The van der Waals surface area contributed by atoms with E-state index in [1.807, 2.05) is 0 Å². The van der Waals surface area contributed by atoms with Crippen molar-refractivity contribution in [3.8, 4) is 0 Å². The number of nitrogens with two attached hydrogens (primary N) is 1. The molecule has 6 nitrogen and oxygen atoms in total. The van der Waals surface area contributed by atoms with Gasteiger partial charge in [-0.15, -0.1) is 0 Å². The highest BCUT2D eigenvalue weighted by Crippen LogP contribution is 2.34. The Labute approximate surface area is 161 Å². The van der Waals surface area contributed by atoms with Crippen molar-refractivity contribution in [2.24, 2.45) is 5.92 Å². The van der Waals surface area contributed by atoms with Gasteiger partial charge in [0.25, 0.3) is 5.91 Å². The number of ether oxygens (including phenoxy) is 1. The molecule has 2 rings (SSSR count). The Morgan fingerprint density at radius 3 is 2.52 bits per heavy atom. The molecule has 1 saturated carbocycles. The molecule has 1 heterocycles. The van der Waals surface area contributed by atoms with Crippen LogP contribution in [-0.2, 0) is 9.53 Å². The molecule has 0 spiro atoms. The molecule has 3 N–H and O–H groups in total. The van der Waals surface area contributed by atoms with Crippen molar-refractivity contribution in [2.75, 3.05) is 5.73 Å². The summed E-state index contributed by atoms with van der Waals surface area (Å²) in [5.41, 5.74) is 5.33. The predicted octanol–water partition coefficient (Wildman–Crippen LogP) is 3.86. The van der Waals surface area contributed by atoms with Crippen LogP contribution in [0.15, 0.2) is 0 Å². The molecule has 1 aliphatic rings. The first kappa shape index (κ1) is 20.1. The van der Waals surface area contributed by atoms with Gasteiger partial charge in [0.15, 0.2) is 17.0 Å². The Morgan fingerprint density at radius 2 is 1.88 bits per heavy atom. The lowest BCUT2D eigenvalue weighted by Gasteiger charge is -2.30. The molecule has 138 valence electrons. The van der Waals surface area contributed by atoms with Gasteiger partial charge in [0.1, 0.15) is 5.02 Å². The summed E-state index contributed by atoms with van der Waals surface area (Å²) in [4.78, 5) is 28.3. The van der Waals surface area contributed by atoms with Gasteiger partial charge in [-0.3, -0.25) is 4.79 Å². The Kier molecular flexibility index (Phi) is 6.77. The third kappa shape index (κ3) is 4.68. The van der Waals surface area contributed by atoms with Gasteiger partial charge in [0, 0.05) is 6.04 Å². The summed E-state index contributed by atoms with van der Waals surface area (Å²) in [6.07, 6.45) is 3.23. The highest BCUT2D eigenvalue weighted by Gasteiger charge is 2.28. The van der Waals surface area contributed by atoms with E-state index < -0.39 is 12.1 Å². The standard InChI is InChI=1S/C16H20Cl3N3O3/c1-7-5-3-4-6-9(7)21-15(23)8(2)25-16(24)13-10(17)12(20)11(18)14(19)22-13/h7-9H,3-6H2,1-2H3,(H2,20,22)(H,21,23)/t7-,8-,9+/m1/s1. The maximum Gasteiger partial charge on any atom is 0.359 e. The number of pyridine rings is 1. The first-order chi connectivity index (χ1) is 11.7. The van der Waals surface area contributed by atoms with Crippen molar-refractivity contribution < 1.29 is 14.3 Å². The zero-order valence-corrected chi connectivity index (χ0v) is 16.2. The van der Waals surface area contributed by atoms with Crippen LogP contribution in [0.25, 0.3) is 0 Å². The molecule has 0 saturated heterocycles. The summed E-state index contributed by atoms with van der Waals surface area (Å²) in [6, 6.07) is 0.0877. The smallest absolute Gasteiger partial charge is 0.359 e. The number of hydrogen-bond donors (Lipinski definition) is 2. The zero-order chi connectivity index (χ0) is 18.7. The number of carbonyl (C=O) groups is 2. The fraction of sp³-hybridized carbons (Fsp3) is 0.562. The summed E-state index contributed by atoms with van der Waals surface area (Å²) in [7, 11) is 0. The van der Waals surface area contributed by atoms with Gasteiger partial charge in [0.05, 0.1) is 10.7 Å². The second-order valence-corrected chi connectivity index (χ2v) is 7.33. The zero-order valence-electron chi connectivity index (χ0n) is 13.9. The molecule has 0 radical (unpaired) electrons. The van der Waals surface area contributed by atoms with Crippen LogP contribution in [0.2, 0.25) is 15.2 Å². The number of hydrogen-bond acceptors (Lipinski definition) is 5. The van der Waals surface area contributed by atoms with Gasteiger partial charge >= 0.3 is 5.97 Å². The lowest BCUT2D eigenvalue weighted by atomic mass is 9.86. The van der Waals surface area contributed by atoms with Crippen LogP contribution >= 0.6 is 34.8 Å². The van der Waals surface area contributed by atoms with E-state index >= 15 is 0 Å². The van der Waals surface area contributed by atoms with Crippen molar-refractivity contribution in [3.05, 3.63) is 20.9 Å². The van der Waals surface area contributed by atoms with Crippen LogP contribution in [-0.4, -0.2) is 29.0 Å². The number of aromatic nitrogens is 1. The minimum atomic E-state index is -1.00. The van der Waals surface area contributed by atoms with Crippen LogP contribution in [0.4, 0.5) is 5.69 Å². The molecule has 0 aliphatic heterocycles.